The highest BCUT2D eigenvalue weighted by atomic mass is 32.2. The number of aryl methyl sites for hydroxylation is 1. The van der Waals surface area contributed by atoms with E-state index in [2.05, 4.69) is 0 Å². The predicted molar refractivity (Wildman–Crippen MR) is 76.6 cm³/mol. The van der Waals surface area contributed by atoms with Gasteiger partial charge in [-0.15, -0.1) is 0 Å². The van der Waals surface area contributed by atoms with Gasteiger partial charge in [-0.05, 0) is 6.07 Å². The minimum atomic E-state index is -3.98. The van der Waals surface area contributed by atoms with E-state index in [1.54, 1.807) is 0 Å². The van der Waals surface area contributed by atoms with Crippen LogP contribution in [-0.4, -0.2) is 58.4 Å². The molecule has 0 bridgehead atoms. The first-order chi connectivity index (χ1) is 9.75. The Morgan fingerprint density at radius 2 is 2.14 bits per heavy atom. The molecule has 1 atom stereocenters. The van der Waals surface area contributed by atoms with Gasteiger partial charge in [0.1, 0.15) is 16.6 Å². The summed E-state index contributed by atoms with van der Waals surface area (Å²) in [5.41, 5.74) is 5.21. The number of primary amides is 1. The van der Waals surface area contributed by atoms with Crippen molar-refractivity contribution in [2.24, 2.45) is 12.8 Å². The fraction of sp³-hybridized carbons (Fsp3) is 0.455. The molecule has 8 nitrogen and oxygen atoms in total. The number of aliphatic carboxylic acids is 1. The first-order valence-corrected chi connectivity index (χ1v) is 8.63. The minimum absolute atomic E-state index is 0.0480. The van der Waals surface area contributed by atoms with E-state index in [-0.39, 0.29) is 22.9 Å². The van der Waals surface area contributed by atoms with Crippen LogP contribution >= 0.6 is 11.8 Å². The lowest BCUT2D eigenvalue weighted by Gasteiger charge is -2.31. The SMILES string of the molecule is Cn1cc(S(=O)(=O)N2CCSCC2C(=O)O)cc1C(N)=O. The quantitative estimate of drug-likeness (QED) is 0.752. The first kappa shape index (κ1) is 15.9. The Bertz CT molecular complexity index is 682. The molecule has 10 heteroatoms. The third-order valence-corrected chi connectivity index (χ3v) is 6.10. The third-order valence-electron chi connectivity index (χ3n) is 3.20. The van der Waals surface area contributed by atoms with Crippen LogP contribution in [0.1, 0.15) is 10.5 Å². The van der Waals surface area contributed by atoms with Crippen molar-refractivity contribution < 1.29 is 23.1 Å². The van der Waals surface area contributed by atoms with Crippen molar-refractivity contribution in [3.05, 3.63) is 18.0 Å². The van der Waals surface area contributed by atoms with Gasteiger partial charge in [0, 0.05) is 31.3 Å². The molecule has 116 valence electrons. The molecule has 1 amide bonds. The average Bonchev–Trinajstić information content (AvgIpc) is 2.81. The molecular formula is C11H15N3O5S2. The van der Waals surface area contributed by atoms with Crippen LogP contribution in [0.5, 0.6) is 0 Å². The Morgan fingerprint density at radius 3 is 2.67 bits per heavy atom. The number of sulfonamides is 1. The zero-order valence-corrected chi connectivity index (χ0v) is 12.9. The number of nitrogens with two attached hydrogens (primary N) is 1. The second-order valence-corrected chi connectivity index (χ2v) is 7.62. The smallest absolute Gasteiger partial charge is 0.322 e. The van der Waals surface area contributed by atoms with Crippen molar-refractivity contribution in [3.63, 3.8) is 0 Å². The summed E-state index contributed by atoms with van der Waals surface area (Å²) in [4.78, 5) is 22.3. The zero-order valence-electron chi connectivity index (χ0n) is 11.2. The molecule has 1 unspecified atom stereocenters. The van der Waals surface area contributed by atoms with E-state index in [0.29, 0.717) is 5.75 Å². The van der Waals surface area contributed by atoms with Gasteiger partial charge in [0.05, 0.1) is 0 Å². The summed E-state index contributed by atoms with van der Waals surface area (Å²) < 4.78 is 27.4. The van der Waals surface area contributed by atoms with Gasteiger partial charge in [-0.1, -0.05) is 0 Å². The van der Waals surface area contributed by atoms with Gasteiger partial charge >= 0.3 is 5.97 Å². The van der Waals surface area contributed by atoms with Crippen molar-refractivity contribution in [2.75, 3.05) is 18.1 Å². The number of carboxylic acid groups (broad SMARTS) is 1. The molecule has 0 radical (unpaired) electrons. The summed E-state index contributed by atoms with van der Waals surface area (Å²) in [5, 5.41) is 9.17. The van der Waals surface area contributed by atoms with E-state index < -0.39 is 27.9 Å². The third kappa shape index (κ3) is 2.92. The van der Waals surface area contributed by atoms with E-state index in [1.807, 2.05) is 0 Å². The Labute approximate surface area is 126 Å². The normalized spacial score (nSPS) is 20.3. The molecule has 0 saturated carbocycles. The van der Waals surface area contributed by atoms with Gasteiger partial charge in [-0.3, -0.25) is 9.59 Å². The molecule has 0 aliphatic carbocycles. The van der Waals surface area contributed by atoms with Crippen LogP contribution in [-0.2, 0) is 21.9 Å². The van der Waals surface area contributed by atoms with Crippen molar-refractivity contribution in [3.8, 4) is 0 Å². The highest BCUT2D eigenvalue weighted by Gasteiger charge is 2.38. The predicted octanol–water partition coefficient (Wildman–Crippen LogP) is -0.685. The van der Waals surface area contributed by atoms with Gasteiger partial charge in [0.2, 0.25) is 10.0 Å². The van der Waals surface area contributed by atoms with Gasteiger partial charge in [0.15, 0.2) is 0 Å². The number of amides is 1. The van der Waals surface area contributed by atoms with Crippen molar-refractivity contribution in [1.29, 1.82) is 0 Å². The molecule has 1 aromatic rings. The van der Waals surface area contributed by atoms with Crippen LogP contribution in [0, 0.1) is 0 Å². The van der Waals surface area contributed by atoms with E-state index in [9.17, 15) is 18.0 Å². The number of rotatable bonds is 4. The van der Waals surface area contributed by atoms with E-state index in [4.69, 9.17) is 10.8 Å². The molecule has 1 saturated heterocycles. The second kappa shape index (κ2) is 5.70. The van der Waals surface area contributed by atoms with Gasteiger partial charge in [-0.25, -0.2) is 8.42 Å². The van der Waals surface area contributed by atoms with Crippen LogP contribution in [0.2, 0.25) is 0 Å². The maximum absolute atomic E-state index is 12.6. The average molecular weight is 333 g/mol. The summed E-state index contributed by atoms with van der Waals surface area (Å²) in [7, 11) is -2.48. The van der Waals surface area contributed by atoms with Crippen molar-refractivity contribution in [1.82, 2.24) is 8.87 Å². The van der Waals surface area contributed by atoms with Crippen LogP contribution in [0.15, 0.2) is 17.2 Å². The molecule has 21 heavy (non-hydrogen) atoms. The molecule has 0 aromatic carbocycles. The number of carbonyl (C=O) groups is 2. The minimum Gasteiger partial charge on any atom is -0.480 e. The summed E-state index contributed by atoms with van der Waals surface area (Å²) in [6, 6.07) is 0.0594. The summed E-state index contributed by atoms with van der Waals surface area (Å²) in [5.74, 6) is -1.21. The Morgan fingerprint density at radius 1 is 1.48 bits per heavy atom. The molecule has 1 aliphatic rings. The van der Waals surface area contributed by atoms with Crippen LogP contribution in [0.4, 0.5) is 0 Å². The summed E-state index contributed by atoms with van der Waals surface area (Å²) in [6.45, 7) is 0.116. The van der Waals surface area contributed by atoms with Crippen molar-refractivity contribution >= 4 is 33.7 Å². The zero-order chi connectivity index (χ0) is 15.8. The topological polar surface area (TPSA) is 123 Å². The number of carboxylic acids is 1. The molecule has 0 spiro atoms. The first-order valence-electron chi connectivity index (χ1n) is 6.03. The largest absolute Gasteiger partial charge is 0.480 e. The van der Waals surface area contributed by atoms with E-state index in [1.165, 1.54) is 35.6 Å². The summed E-state index contributed by atoms with van der Waals surface area (Å²) in [6.07, 6.45) is 1.26. The molecule has 1 aliphatic heterocycles. The number of nitrogens with zero attached hydrogens (tertiary/aromatic N) is 2. The molecule has 2 heterocycles. The second-order valence-electron chi connectivity index (χ2n) is 4.58. The molecule has 2 rings (SSSR count). The number of carbonyl (C=O) groups excluding carboxylic acids is 1. The van der Waals surface area contributed by atoms with E-state index in [0.717, 1.165) is 4.31 Å². The Balaban J connectivity index is 2.43. The molecular weight excluding hydrogens is 318 g/mol. The van der Waals surface area contributed by atoms with Crippen LogP contribution in [0.3, 0.4) is 0 Å². The lowest BCUT2D eigenvalue weighted by molar-refractivity contribution is -0.140. The standard InChI is InChI=1S/C11H15N3O5S2/c1-13-5-7(4-8(13)10(12)15)21(18,19)14-2-3-20-6-9(14)11(16)17/h4-5,9H,2-3,6H2,1H3,(H2,12,15)(H,16,17). The van der Waals surface area contributed by atoms with Gasteiger partial charge in [-0.2, -0.15) is 16.1 Å². The Hall–Kier alpha value is -1.52. The number of hydrogen-bond acceptors (Lipinski definition) is 5. The molecule has 3 N–H and O–H groups in total. The maximum atomic E-state index is 12.6. The fourth-order valence-electron chi connectivity index (χ4n) is 2.13. The lowest BCUT2D eigenvalue weighted by Crippen LogP contribution is -2.50. The Kier molecular flexibility index (Phi) is 4.30. The lowest BCUT2D eigenvalue weighted by atomic mass is 10.3. The van der Waals surface area contributed by atoms with Crippen LogP contribution < -0.4 is 5.73 Å². The molecule has 1 fully saturated rings. The molecule has 1 aromatic heterocycles. The van der Waals surface area contributed by atoms with Crippen molar-refractivity contribution in [2.45, 2.75) is 10.9 Å². The monoisotopic (exact) mass is 333 g/mol. The van der Waals surface area contributed by atoms with E-state index >= 15 is 0 Å². The highest BCUT2D eigenvalue weighted by molar-refractivity contribution is 7.99. The maximum Gasteiger partial charge on any atom is 0.322 e. The number of thioether (sulfide) groups is 1. The van der Waals surface area contributed by atoms with Gasteiger partial charge < -0.3 is 15.4 Å². The highest BCUT2D eigenvalue weighted by Crippen LogP contribution is 2.25. The van der Waals surface area contributed by atoms with Gasteiger partial charge in [0.25, 0.3) is 5.91 Å². The summed E-state index contributed by atoms with van der Waals surface area (Å²) >= 11 is 1.39. The number of aromatic nitrogens is 1. The fourth-order valence-corrected chi connectivity index (χ4v) is 5.03. The number of hydrogen-bond donors (Lipinski definition) is 2. The van der Waals surface area contributed by atoms with Crippen LogP contribution in [0.25, 0.3) is 0 Å².